The van der Waals surface area contributed by atoms with Crippen LogP contribution in [0.15, 0.2) is 0 Å². The minimum Gasteiger partial charge on any atom is -0.464 e. The van der Waals surface area contributed by atoms with E-state index in [1.54, 1.807) is 0 Å². The van der Waals surface area contributed by atoms with Crippen molar-refractivity contribution in [1.82, 2.24) is 9.55 Å². The fourth-order valence-electron chi connectivity index (χ4n) is 3.00. The van der Waals surface area contributed by atoms with Gasteiger partial charge in [-0.2, -0.15) is 0 Å². The van der Waals surface area contributed by atoms with Crippen molar-refractivity contribution in [1.29, 1.82) is 0 Å². The fourth-order valence-corrected chi connectivity index (χ4v) is 3.00. The van der Waals surface area contributed by atoms with Crippen LogP contribution in [0.2, 0.25) is 0 Å². The van der Waals surface area contributed by atoms with Gasteiger partial charge in [-0.15, -0.1) is 0 Å². The highest BCUT2D eigenvalue weighted by molar-refractivity contribution is 5.92. The predicted molar refractivity (Wildman–Crippen MR) is 78.5 cm³/mol. The SMILES string of the molecule is CCc1nc(C(=O)OC)c(N)n1CC1CCC(C)CC1. The maximum Gasteiger partial charge on any atom is 0.360 e. The number of rotatable bonds is 4. The molecule has 1 fully saturated rings. The average Bonchev–Trinajstić information content (AvgIpc) is 2.77. The molecule has 0 aromatic carbocycles. The summed E-state index contributed by atoms with van der Waals surface area (Å²) < 4.78 is 6.75. The maximum atomic E-state index is 11.7. The van der Waals surface area contributed by atoms with E-state index >= 15 is 0 Å². The Kier molecular flexibility index (Phi) is 4.68. The Balaban J connectivity index is 2.18. The first-order valence-corrected chi connectivity index (χ1v) is 7.50. The third kappa shape index (κ3) is 2.97. The molecule has 2 N–H and O–H groups in total. The summed E-state index contributed by atoms with van der Waals surface area (Å²) in [5.74, 6) is 2.35. The molecule has 20 heavy (non-hydrogen) atoms. The summed E-state index contributed by atoms with van der Waals surface area (Å²) in [5, 5.41) is 0. The van der Waals surface area contributed by atoms with Gasteiger partial charge in [0.15, 0.2) is 5.69 Å². The number of imidazole rings is 1. The van der Waals surface area contributed by atoms with Crippen LogP contribution in [0.5, 0.6) is 0 Å². The number of ether oxygens (including phenoxy) is 1. The largest absolute Gasteiger partial charge is 0.464 e. The molecular weight excluding hydrogens is 254 g/mol. The standard InChI is InChI=1S/C15H25N3O2/c1-4-12-17-13(15(19)20-3)14(16)18(12)9-11-7-5-10(2)6-8-11/h10-11H,4-9,16H2,1-3H3. The van der Waals surface area contributed by atoms with Crippen LogP contribution in [0.1, 0.15) is 55.8 Å². The molecule has 5 heteroatoms. The van der Waals surface area contributed by atoms with Crippen molar-refractivity contribution in [3.05, 3.63) is 11.5 Å². The number of aromatic nitrogens is 2. The van der Waals surface area contributed by atoms with Gasteiger partial charge in [0.05, 0.1) is 7.11 Å². The molecule has 0 aliphatic heterocycles. The Hall–Kier alpha value is -1.52. The van der Waals surface area contributed by atoms with E-state index < -0.39 is 5.97 Å². The van der Waals surface area contributed by atoms with Crippen LogP contribution in [-0.4, -0.2) is 22.6 Å². The number of anilines is 1. The first kappa shape index (κ1) is 14.9. The van der Waals surface area contributed by atoms with Crippen molar-refractivity contribution >= 4 is 11.8 Å². The van der Waals surface area contributed by atoms with Crippen LogP contribution in [0.25, 0.3) is 0 Å². The summed E-state index contributed by atoms with van der Waals surface area (Å²) in [6.07, 6.45) is 5.80. The van der Waals surface area contributed by atoms with Crippen LogP contribution >= 0.6 is 0 Å². The number of methoxy groups -OCH3 is 1. The number of nitrogens with zero attached hydrogens (tertiary/aromatic N) is 2. The Morgan fingerprint density at radius 3 is 2.60 bits per heavy atom. The van der Waals surface area contributed by atoms with Crippen molar-refractivity contribution in [2.24, 2.45) is 11.8 Å². The number of aryl methyl sites for hydroxylation is 1. The summed E-state index contributed by atoms with van der Waals surface area (Å²) in [6, 6.07) is 0. The summed E-state index contributed by atoms with van der Waals surface area (Å²) in [5.41, 5.74) is 6.36. The number of hydrogen-bond donors (Lipinski definition) is 1. The highest BCUT2D eigenvalue weighted by atomic mass is 16.5. The van der Waals surface area contributed by atoms with Crippen LogP contribution in [0.4, 0.5) is 5.82 Å². The van der Waals surface area contributed by atoms with Gasteiger partial charge in [-0.25, -0.2) is 9.78 Å². The van der Waals surface area contributed by atoms with E-state index in [9.17, 15) is 4.79 Å². The number of carbonyl (C=O) groups is 1. The van der Waals surface area contributed by atoms with Gasteiger partial charge in [-0.1, -0.05) is 26.7 Å². The van der Waals surface area contributed by atoms with Gasteiger partial charge >= 0.3 is 5.97 Å². The molecule has 0 spiro atoms. The number of hydrogen-bond acceptors (Lipinski definition) is 4. The van der Waals surface area contributed by atoms with Crippen molar-refractivity contribution in [2.45, 2.75) is 52.5 Å². The molecule has 0 unspecified atom stereocenters. The van der Waals surface area contributed by atoms with Crippen LogP contribution in [0, 0.1) is 11.8 Å². The van der Waals surface area contributed by atoms with Gasteiger partial charge in [-0.05, 0) is 24.7 Å². The summed E-state index contributed by atoms with van der Waals surface area (Å²) in [4.78, 5) is 16.0. The Labute approximate surface area is 120 Å². The lowest BCUT2D eigenvalue weighted by molar-refractivity contribution is 0.0595. The minimum absolute atomic E-state index is 0.258. The van der Waals surface area contributed by atoms with Crippen molar-refractivity contribution in [3.8, 4) is 0 Å². The van der Waals surface area contributed by atoms with Crippen LogP contribution < -0.4 is 5.73 Å². The number of esters is 1. The molecule has 0 bridgehead atoms. The molecule has 112 valence electrons. The Morgan fingerprint density at radius 2 is 2.05 bits per heavy atom. The lowest BCUT2D eigenvalue weighted by Gasteiger charge is -2.27. The topological polar surface area (TPSA) is 70.1 Å². The molecule has 0 amide bonds. The van der Waals surface area contributed by atoms with Crippen molar-refractivity contribution in [2.75, 3.05) is 12.8 Å². The van der Waals surface area contributed by atoms with Gasteiger partial charge in [0, 0.05) is 13.0 Å². The smallest absolute Gasteiger partial charge is 0.360 e. The maximum absolute atomic E-state index is 11.7. The molecule has 5 nitrogen and oxygen atoms in total. The second-order valence-corrected chi connectivity index (χ2v) is 5.84. The van der Waals surface area contributed by atoms with E-state index in [0.717, 1.165) is 24.7 Å². The van der Waals surface area contributed by atoms with E-state index in [1.807, 2.05) is 11.5 Å². The molecule has 0 saturated heterocycles. The Bertz CT molecular complexity index is 474. The predicted octanol–water partition coefficient (Wildman–Crippen LogP) is 2.64. The highest BCUT2D eigenvalue weighted by Gasteiger charge is 2.24. The molecule has 2 rings (SSSR count). The molecule has 1 aliphatic rings. The monoisotopic (exact) mass is 279 g/mol. The molecular formula is C15H25N3O2. The van der Waals surface area contributed by atoms with Crippen LogP contribution in [0.3, 0.4) is 0 Å². The highest BCUT2D eigenvalue weighted by Crippen LogP contribution is 2.30. The van der Waals surface area contributed by atoms with Crippen molar-refractivity contribution < 1.29 is 9.53 Å². The first-order valence-electron chi connectivity index (χ1n) is 7.50. The van der Waals surface area contributed by atoms with Gasteiger partial charge < -0.3 is 15.0 Å². The molecule has 1 aromatic heterocycles. The molecule has 0 atom stereocenters. The van der Waals surface area contributed by atoms with Gasteiger partial charge in [-0.3, -0.25) is 0 Å². The van der Waals surface area contributed by atoms with Crippen LogP contribution in [-0.2, 0) is 17.7 Å². The minimum atomic E-state index is -0.451. The average molecular weight is 279 g/mol. The zero-order valence-electron chi connectivity index (χ0n) is 12.7. The summed E-state index contributed by atoms with van der Waals surface area (Å²) in [7, 11) is 1.36. The third-order valence-electron chi connectivity index (χ3n) is 4.36. The quantitative estimate of drug-likeness (QED) is 0.860. The number of carbonyl (C=O) groups excluding carboxylic acids is 1. The van der Waals surface area contributed by atoms with E-state index in [1.165, 1.54) is 32.8 Å². The van der Waals surface area contributed by atoms with E-state index in [4.69, 9.17) is 10.5 Å². The lowest BCUT2D eigenvalue weighted by Crippen LogP contribution is -2.20. The third-order valence-corrected chi connectivity index (χ3v) is 4.36. The number of nitrogens with two attached hydrogens (primary N) is 1. The van der Waals surface area contributed by atoms with E-state index in [2.05, 4.69) is 11.9 Å². The Morgan fingerprint density at radius 1 is 1.40 bits per heavy atom. The fraction of sp³-hybridized carbons (Fsp3) is 0.733. The summed E-state index contributed by atoms with van der Waals surface area (Å²) >= 11 is 0. The van der Waals surface area contributed by atoms with Gasteiger partial charge in [0.2, 0.25) is 0 Å². The lowest BCUT2D eigenvalue weighted by atomic mass is 9.83. The molecule has 0 radical (unpaired) electrons. The normalized spacial score (nSPS) is 22.8. The molecule has 1 aromatic rings. The first-order chi connectivity index (χ1) is 9.56. The van der Waals surface area contributed by atoms with Gasteiger partial charge in [0.25, 0.3) is 0 Å². The zero-order chi connectivity index (χ0) is 14.7. The second kappa shape index (κ2) is 6.29. The zero-order valence-corrected chi connectivity index (χ0v) is 12.7. The van der Waals surface area contributed by atoms with E-state index in [0.29, 0.717) is 11.7 Å². The molecule has 1 heterocycles. The summed E-state index contributed by atoms with van der Waals surface area (Å²) in [6.45, 7) is 5.21. The van der Waals surface area contributed by atoms with Gasteiger partial charge in [0.1, 0.15) is 11.6 Å². The van der Waals surface area contributed by atoms with E-state index in [-0.39, 0.29) is 5.69 Å². The number of nitrogen functional groups attached to an aromatic ring is 1. The van der Waals surface area contributed by atoms with Crippen molar-refractivity contribution in [3.63, 3.8) is 0 Å². The molecule has 1 aliphatic carbocycles. The molecule has 1 saturated carbocycles. The second-order valence-electron chi connectivity index (χ2n) is 5.84.